The Morgan fingerprint density at radius 1 is 1.39 bits per heavy atom. The predicted octanol–water partition coefficient (Wildman–Crippen LogP) is 0.523. The Morgan fingerprint density at radius 3 is 2.78 bits per heavy atom. The summed E-state index contributed by atoms with van der Waals surface area (Å²) >= 11 is 0. The Kier molecular flexibility index (Phi) is 3.13. The molecule has 1 saturated heterocycles. The molecule has 0 atom stereocenters. The molecule has 1 aliphatic rings. The molecule has 7 heteroatoms. The third kappa shape index (κ3) is 2.76. The Hall–Kier alpha value is -2.57. The standard InChI is InChI=1S/C11H10N2O5/c1-6(14)17-5-8-3-2-7(18-8)4-9-10(15)13-11(16)12-9/h2-4H,5H2,1H3,(H2,12,13,15,16). The van der Waals surface area contributed by atoms with Gasteiger partial charge < -0.3 is 14.5 Å². The Bertz CT molecular complexity index is 543. The summed E-state index contributed by atoms with van der Waals surface area (Å²) in [5.41, 5.74) is 0.105. The van der Waals surface area contributed by atoms with E-state index in [1.165, 1.54) is 13.0 Å². The highest BCUT2D eigenvalue weighted by Crippen LogP contribution is 2.13. The topological polar surface area (TPSA) is 97.6 Å². The van der Waals surface area contributed by atoms with Gasteiger partial charge in [0.1, 0.15) is 23.8 Å². The first-order valence-corrected chi connectivity index (χ1v) is 5.11. The van der Waals surface area contributed by atoms with Crippen molar-refractivity contribution in [2.45, 2.75) is 13.5 Å². The molecule has 1 aromatic heterocycles. The van der Waals surface area contributed by atoms with E-state index in [0.29, 0.717) is 11.5 Å². The van der Waals surface area contributed by atoms with Gasteiger partial charge in [0.25, 0.3) is 5.91 Å². The van der Waals surface area contributed by atoms with Crippen LogP contribution in [0.2, 0.25) is 0 Å². The number of esters is 1. The highest BCUT2D eigenvalue weighted by molar-refractivity contribution is 6.13. The average molecular weight is 250 g/mol. The van der Waals surface area contributed by atoms with Gasteiger partial charge in [-0.3, -0.25) is 14.9 Å². The van der Waals surface area contributed by atoms with Crippen molar-refractivity contribution in [3.05, 3.63) is 29.4 Å². The number of imide groups is 1. The van der Waals surface area contributed by atoms with Gasteiger partial charge in [0, 0.05) is 13.0 Å². The van der Waals surface area contributed by atoms with Crippen LogP contribution < -0.4 is 10.6 Å². The summed E-state index contributed by atoms with van der Waals surface area (Å²) in [5.74, 6) is -0.0991. The van der Waals surface area contributed by atoms with E-state index in [1.54, 1.807) is 12.1 Å². The van der Waals surface area contributed by atoms with Gasteiger partial charge in [-0.05, 0) is 12.1 Å². The summed E-state index contributed by atoms with van der Waals surface area (Å²) in [5, 5.41) is 4.39. The van der Waals surface area contributed by atoms with Crippen LogP contribution in [0.25, 0.3) is 6.08 Å². The Morgan fingerprint density at radius 2 is 2.17 bits per heavy atom. The van der Waals surface area contributed by atoms with Gasteiger partial charge in [-0.1, -0.05) is 0 Å². The van der Waals surface area contributed by atoms with Crippen molar-refractivity contribution < 1.29 is 23.5 Å². The Balaban J connectivity index is 2.06. The number of carbonyl (C=O) groups is 3. The zero-order valence-electron chi connectivity index (χ0n) is 9.48. The fourth-order valence-electron chi connectivity index (χ4n) is 1.35. The molecule has 94 valence electrons. The summed E-state index contributed by atoms with van der Waals surface area (Å²) in [4.78, 5) is 32.7. The molecule has 7 nitrogen and oxygen atoms in total. The molecule has 2 rings (SSSR count). The summed E-state index contributed by atoms with van der Waals surface area (Å²) in [6.07, 6.45) is 1.39. The maximum absolute atomic E-state index is 11.2. The second kappa shape index (κ2) is 4.74. The van der Waals surface area contributed by atoms with Crippen molar-refractivity contribution in [3.63, 3.8) is 0 Å². The fraction of sp³-hybridized carbons (Fsp3) is 0.182. The summed E-state index contributed by atoms with van der Waals surface area (Å²) in [6.45, 7) is 1.32. The lowest BCUT2D eigenvalue weighted by atomic mass is 10.3. The lowest BCUT2D eigenvalue weighted by molar-refractivity contribution is -0.142. The van der Waals surface area contributed by atoms with E-state index in [1.807, 2.05) is 0 Å². The molecule has 2 heterocycles. The zero-order valence-corrected chi connectivity index (χ0v) is 9.48. The van der Waals surface area contributed by atoms with Crippen LogP contribution in [0.3, 0.4) is 0 Å². The van der Waals surface area contributed by atoms with Crippen LogP contribution in [0.5, 0.6) is 0 Å². The number of nitrogens with one attached hydrogen (secondary N) is 2. The fourth-order valence-corrected chi connectivity index (χ4v) is 1.35. The zero-order chi connectivity index (χ0) is 13.1. The monoisotopic (exact) mass is 250 g/mol. The number of hydrogen-bond donors (Lipinski definition) is 2. The molecule has 2 N–H and O–H groups in total. The van der Waals surface area contributed by atoms with Crippen molar-refractivity contribution >= 4 is 24.0 Å². The Labute approximate surface area is 102 Å². The lowest BCUT2D eigenvalue weighted by Crippen LogP contribution is -2.22. The van der Waals surface area contributed by atoms with Crippen LogP contribution in [0.1, 0.15) is 18.4 Å². The highest BCUT2D eigenvalue weighted by atomic mass is 16.5. The van der Waals surface area contributed by atoms with Crippen molar-refractivity contribution in [2.24, 2.45) is 0 Å². The van der Waals surface area contributed by atoms with E-state index in [0.717, 1.165) is 0 Å². The van der Waals surface area contributed by atoms with E-state index < -0.39 is 17.9 Å². The second-order valence-electron chi connectivity index (χ2n) is 3.55. The number of furan rings is 1. The van der Waals surface area contributed by atoms with Crippen LogP contribution in [-0.4, -0.2) is 17.9 Å². The van der Waals surface area contributed by atoms with Crippen LogP contribution in [0.15, 0.2) is 22.2 Å². The molecular formula is C11H10N2O5. The molecule has 0 spiro atoms. The molecule has 0 unspecified atom stereocenters. The largest absolute Gasteiger partial charge is 0.458 e. The van der Waals surface area contributed by atoms with Crippen molar-refractivity contribution in [1.82, 2.24) is 10.6 Å². The number of carbonyl (C=O) groups excluding carboxylic acids is 3. The molecule has 1 fully saturated rings. The van der Waals surface area contributed by atoms with E-state index in [-0.39, 0.29) is 12.3 Å². The minimum atomic E-state index is -0.571. The van der Waals surface area contributed by atoms with Crippen molar-refractivity contribution in [3.8, 4) is 0 Å². The van der Waals surface area contributed by atoms with Crippen LogP contribution in [-0.2, 0) is 20.9 Å². The smallest absolute Gasteiger partial charge is 0.326 e. The maximum atomic E-state index is 11.2. The first-order chi connectivity index (χ1) is 8.54. The number of rotatable bonds is 3. The minimum absolute atomic E-state index is 0.0249. The molecule has 1 aromatic rings. The summed E-state index contributed by atoms with van der Waals surface area (Å²) < 4.78 is 10.0. The van der Waals surface area contributed by atoms with Crippen LogP contribution >= 0.6 is 0 Å². The second-order valence-corrected chi connectivity index (χ2v) is 3.55. The van der Waals surface area contributed by atoms with Crippen LogP contribution in [0, 0.1) is 0 Å². The van der Waals surface area contributed by atoms with E-state index in [9.17, 15) is 14.4 Å². The first kappa shape index (κ1) is 11.9. The van der Waals surface area contributed by atoms with Crippen molar-refractivity contribution in [1.29, 1.82) is 0 Å². The third-order valence-electron chi connectivity index (χ3n) is 2.11. The predicted molar refractivity (Wildman–Crippen MR) is 58.8 cm³/mol. The van der Waals surface area contributed by atoms with Gasteiger partial charge in [0.05, 0.1) is 0 Å². The third-order valence-corrected chi connectivity index (χ3v) is 2.11. The quantitative estimate of drug-likeness (QED) is 0.463. The van der Waals surface area contributed by atoms with Gasteiger partial charge in [0.2, 0.25) is 0 Å². The number of ether oxygens (including phenoxy) is 1. The van der Waals surface area contributed by atoms with Gasteiger partial charge in [-0.25, -0.2) is 4.79 Å². The molecule has 1 aliphatic heterocycles. The van der Waals surface area contributed by atoms with E-state index in [2.05, 4.69) is 10.6 Å². The first-order valence-electron chi connectivity index (χ1n) is 5.11. The summed E-state index contributed by atoms with van der Waals surface area (Å²) in [6, 6.07) is 2.64. The van der Waals surface area contributed by atoms with E-state index in [4.69, 9.17) is 9.15 Å². The van der Waals surface area contributed by atoms with Gasteiger partial charge in [0.15, 0.2) is 0 Å². The molecule has 3 amide bonds. The van der Waals surface area contributed by atoms with Gasteiger partial charge in [-0.2, -0.15) is 0 Å². The molecule has 0 bridgehead atoms. The molecule has 0 aliphatic carbocycles. The molecule has 0 aromatic carbocycles. The normalized spacial score (nSPS) is 16.6. The van der Waals surface area contributed by atoms with Gasteiger partial charge in [-0.15, -0.1) is 0 Å². The van der Waals surface area contributed by atoms with Crippen LogP contribution in [0.4, 0.5) is 4.79 Å². The van der Waals surface area contributed by atoms with E-state index >= 15 is 0 Å². The lowest BCUT2D eigenvalue weighted by Gasteiger charge is -1.97. The molecular weight excluding hydrogens is 240 g/mol. The molecule has 18 heavy (non-hydrogen) atoms. The number of urea groups is 1. The number of amides is 3. The SMILES string of the molecule is CC(=O)OCc1ccc(C=C2NC(=O)NC2=O)o1. The van der Waals surface area contributed by atoms with Gasteiger partial charge >= 0.3 is 12.0 Å². The number of hydrogen-bond acceptors (Lipinski definition) is 5. The summed E-state index contributed by atoms with van der Waals surface area (Å²) in [7, 11) is 0. The minimum Gasteiger partial charge on any atom is -0.458 e. The maximum Gasteiger partial charge on any atom is 0.326 e. The van der Waals surface area contributed by atoms with Crippen molar-refractivity contribution in [2.75, 3.05) is 0 Å². The molecule has 0 radical (unpaired) electrons. The molecule has 0 saturated carbocycles. The average Bonchev–Trinajstić information content (AvgIpc) is 2.84. The highest BCUT2D eigenvalue weighted by Gasteiger charge is 2.23.